The lowest BCUT2D eigenvalue weighted by Crippen LogP contribution is -2.39. The van der Waals surface area contributed by atoms with Gasteiger partial charge in [-0.15, -0.1) is 0 Å². The van der Waals surface area contributed by atoms with Gasteiger partial charge in [0.15, 0.2) is 0 Å². The summed E-state index contributed by atoms with van der Waals surface area (Å²) in [6, 6.07) is 14.0. The normalized spacial score (nSPS) is 20.8. The molecule has 1 unspecified atom stereocenters. The molecular formula is C26H28N2O3. The van der Waals surface area contributed by atoms with Gasteiger partial charge in [0.1, 0.15) is 0 Å². The maximum atomic E-state index is 13.0. The summed E-state index contributed by atoms with van der Waals surface area (Å²) in [5.74, 6) is -0.248. The zero-order chi connectivity index (χ0) is 21.4. The van der Waals surface area contributed by atoms with Crippen LogP contribution in [0, 0.1) is 5.41 Å². The number of hydrogen-bond acceptors (Lipinski definition) is 4. The quantitative estimate of drug-likeness (QED) is 0.758. The molecular weight excluding hydrogens is 388 g/mol. The zero-order valence-corrected chi connectivity index (χ0v) is 17.9. The van der Waals surface area contributed by atoms with Gasteiger partial charge in [0.2, 0.25) is 0 Å². The number of methoxy groups -OCH3 is 1. The van der Waals surface area contributed by atoms with Crippen molar-refractivity contribution in [3.8, 4) is 0 Å². The third-order valence-electron chi connectivity index (χ3n) is 7.21. The van der Waals surface area contributed by atoms with Crippen molar-refractivity contribution in [2.75, 3.05) is 25.1 Å². The number of carbonyl (C=O) groups is 2. The van der Waals surface area contributed by atoms with Gasteiger partial charge in [0, 0.05) is 30.4 Å². The third kappa shape index (κ3) is 3.73. The number of fused-ring (bicyclic) bond motifs is 1. The van der Waals surface area contributed by atoms with Gasteiger partial charge in [-0.2, -0.15) is 0 Å². The Morgan fingerprint density at radius 2 is 1.87 bits per heavy atom. The fraction of sp³-hybridized carbons (Fsp3) is 0.385. The molecule has 5 nitrogen and oxygen atoms in total. The summed E-state index contributed by atoms with van der Waals surface area (Å²) in [5, 5.41) is 3.32. The number of ether oxygens (including phenoxy) is 1. The van der Waals surface area contributed by atoms with E-state index in [1.807, 2.05) is 36.4 Å². The number of esters is 1. The zero-order valence-electron chi connectivity index (χ0n) is 17.9. The maximum Gasteiger partial charge on any atom is 0.337 e. The second-order valence-electron chi connectivity index (χ2n) is 8.94. The standard InChI is InChI=1S/C26H28N2O3/c1-31-25(30)19-9-11-20(12-10-19)28-15-13-26(14-16-28)17-23(26)27-24(29)22-8-4-6-18-5-2-3-7-21(18)22/h3-4,6-12,23H,2,5,13-17H2,1H3,(H,27,29). The first kappa shape index (κ1) is 19.9. The molecule has 1 heterocycles. The number of carbonyl (C=O) groups excluding carboxylic acids is 2. The van der Waals surface area contributed by atoms with Crippen molar-refractivity contribution in [2.24, 2.45) is 5.41 Å². The fourth-order valence-electron chi connectivity index (χ4n) is 5.14. The van der Waals surface area contributed by atoms with E-state index < -0.39 is 0 Å². The molecule has 2 aliphatic carbocycles. The van der Waals surface area contributed by atoms with Crippen LogP contribution in [-0.2, 0) is 11.2 Å². The van der Waals surface area contributed by atoms with Crippen LogP contribution in [0.25, 0.3) is 6.08 Å². The number of allylic oxidation sites excluding steroid dienone is 1. The van der Waals surface area contributed by atoms with Gasteiger partial charge in [0.05, 0.1) is 12.7 Å². The molecule has 0 radical (unpaired) electrons. The van der Waals surface area contributed by atoms with Crippen LogP contribution in [0.15, 0.2) is 48.5 Å². The molecule has 31 heavy (non-hydrogen) atoms. The van der Waals surface area contributed by atoms with E-state index in [9.17, 15) is 9.59 Å². The molecule has 2 fully saturated rings. The summed E-state index contributed by atoms with van der Waals surface area (Å²) >= 11 is 0. The average Bonchev–Trinajstić information content (AvgIpc) is 3.49. The number of nitrogens with one attached hydrogen (secondary N) is 1. The second kappa shape index (κ2) is 7.88. The predicted octanol–water partition coefficient (Wildman–Crippen LogP) is 4.22. The van der Waals surface area contributed by atoms with Crippen molar-refractivity contribution < 1.29 is 14.3 Å². The fourth-order valence-corrected chi connectivity index (χ4v) is 5.14. The molecule has 1 saturated heterocycles. The number of nitrogens with zero attached hydrogens (tertiary/aromatic N) is 1. The Kier molecular flexibility index (Phi) is 5.05. The van der Waals surface area contributed by atoms with Gasteiger partial charge in [-0.1, -0.05) is 24.3 Å². The minimum Gasteiger partial charge on any atom is -0.465 e. The molecule has 0 bridgehead atoms. The number of hydrogen-bond donors (Lipinski definition) is 1. The van der Waals surface area contributed by atoms with Crippen molar-refractivity contribution in [2.45, 2.75) is 38.1 Å². The number of benzene rings is 2. The summed E-state index contributed by atoms with van der Waals surface area (Å²) in [7, 11) is 1.40. The molecule has 2 aromatic carbocycles. The van der Waals surface area contributed by atoms with E-state index in [1.54, 1.807) is 0 Å². The van der Waals surface area contributed by atoms with Gasteiger partial charge in [-0.25, -0.2) is 4.79 Å². The highest BCUT2D eigenvalue weighted by molar-refractivity contribution is 5.99. The first-order valence-electron chi connectivity index (χ1n) is 11.1. The van der Waals surface area contributed by atoms with E-state index >= 15 is 0 Å². The molecule has 5 rings (SSSR count). The minimum absolute atomic E-state index is 0.0612. The highest BCUT2D eigenvalue weighted by atomic mass is 16.5. The van der Waals surface area contributed by atoms with E-state index in [0.717, 1.165) is 62.0 Å². The molecule has 1 amide bonds. The lowest BCUT2D eigenvalue weighted by atomic mass is 9.91. The highest BCUT2D eigenvalue weighted by Crippen LogP contribution is 2.54. The highest BCUT2D eigenvalue weighted by Gasteiger charge is 2.55. The van der Waals surface area contributed by atoms with Crippen LogP contribution in [0.5, 0.6) is 0 Å². The first-order valence-corrected chi connectivity index (χ1v) is 11.1. The summed E-state index contributed by atoms with van der Waals surface area (Å²) in [5.41, 5.74) is 5.11. The molecule has 3 aliphatic rings. The van der Waals surface area contributed by atoms with Crippen molar-refractivity contribution >= 4 is 23.6 Å². The van der Waals surface area contributed by atoms with Crippen molar-refractivity contribution in [3.05, 3.63) is 70.8 Å². The number of aryl methyl sites for hydroxylation is 1. The van der Waals surface area contributed by atoms with Gasteiger partial charge in [-0.05, 0) is 79.0 Å². The van der Waals surface area contributed by atoms with E-state index in [1.165, 1.54) is 12.7 Å². The smallest absolute Gasteiger partial charge is 0.337 e. The largest absolute Gasteiger partial charge is 0.465 e. The first-order chi connectivity index (χ1) is 15.1. The number of piperidine rings is 1. The minimum atomic E-state index is -0.309. The van der Waals surface area contributed by atoms with Crippen molar-refractivity contribution in [3.63, 3.8) is 0 Å². The molecule has 1 atom stereocenters. The molecule has 1 saturated carbocycles. The Morgan fingerprint density at radius 1 is 1.10 bits per heavy atom. The number of anilines is 1. The summed E-state index contributed by atoms with van der Waals surface area (Å²) in [4.78, 5) is 27.0. The second-order valence-corrected chi connectivity index (χ2v) is 8.94. The Morgan fingerprint density at radius 3 is 2.61 bits per heavy atom. The van der Waals surface area contributed by atoms with E-state index in [0.29, 0.717) is 5.56 Å². The molecule has 2 aromatic rings. The topological polar surface area (TPSA) is 58.6 Å². The SMILES string of the molecule is COC(=O)c1ccc(N2CCC3(CC2)CC3NC(=O)c2cccc3c2C=CCC3)cc1. The van der Waals surface area contributed by atoms with Crippen LogP contribution in [0.4, 0.5) is 5.69 Å². The van der Waals surface area contributed by atoms with E-state index in [4.69, 9.17) is 4.74 Å². The Labute approximate surface area is 183 Å². The van der Waals surface area contributed by atoms with Gasteiger partial charge in [0.25, 0.3) is 5.91 Å². The Bertz CT molecular complexity index is 1030. The summed E-state index contributed by atoms with van der Waals surface area (Å²) in [6.07, 6.45) is 9.53. The lowest BCUT2D eigenvalue weighted by molar-refractivity contribution is 0.0600. The van der Waals surface area contributed by atoms with Gasteiger partial charge in [-0.3, -0.25) is 4.79 Å². The monoisotopic (exact) mass is 416 g/mol. The van der Waals surface area contributed by atoms with Crippen molar-refractivity contribution in [1.29, 1.82) is 0 Å². The van der Waals surface area contributed by atoms with Crippen LogP contribution < -0.4 is 10.2 Å². The number of rotatable bonds is 4. The van der Waals surface area contributed by atoms with Crippen LogP contribution in [-0.4, -0.2) is 38.1 Å². The van der Waals surface area contributed by atoms with Crippen LogP contribution in [0.2, 0.25) is 0 Å². The van der Waals surface area contributed by atoms with Crippen molar-refractivity contribution in [1.82, 2.24) is 5.32 Å². The number of amides is 1. The van der Waals surface area contributed by atoms with Crippen LogP contribution >= 0.6 is 0 Å². The molecule has 0 aromatic heterocycles. The summed E-state index contributed by atoms with van der Waals surface area (Å²) < 4.78 is 4.77. The molecule has 160 valence electrons. The Hall–Kier alpha value is -3.08. The van der Waals surface area contributed by atoms with E-state index in [2.05, 4.69) is 28.4 Å². The van der Waals surface area contributed by atoms with Crippen LogP contribution in [0.1, 0.15) is 57.5 Å². The van der Waals surface area contributed by atoms with Gasteiger partial charge < -0.3 is 15.0 Å². The lowest BCUT2D eigenvalue weighted by Gasteiger charge is -2.34. The Balaban J connectivity index is 1.19. The van der Waals surface area contributed by atoms with Gasteiger partial charge >= 0.3 is 5.97 Å². The molecule has 1 aliphatic heterocycles. The predicted molar refractivity (Wildman–Crippen MR) is 121 cm³/mol. The molecule has 5 heteroatoms. The maximum absolute atomic E-state index is 13.0. The average molecular weight is 417 g/mol. The summed E-state index contributed by atoms with van der Waals surface area (Å²) in [6.45, 7) is 1.93. The van der Waals surface area contributed by atoms with Crippen LogP contribution in [0.3, 0.4) is 0 Å². The molecule has 1 spiro atoms. The molecule has 1 N–H and O–H groups in total. The third-order valence-corrected chi connectivity index (χ3v) is 7.21. The van der Waals surface area contributed by atoms with E-state index in [-0.39, 0.29) is 23.3 Å².